The van der Waals surface area contributed by atoms with Crippen LogP contribution in [0.15, 0.2) is 48.5 Å². The van der Waals surface area contributed by atoms with Crippen molar-refractivity contribution in [3.05, 3.63) is 59.7 Å². The molecule has 0 spiro atoms. The van der Waals surface area contributed by atoms with Crippen LogP contribution in [0.2, 0.25) is 0 Å². The van der Waals surface area contributed by atoms with E-state index in [-0.39, 0.29) is 24.3 Å². The van der Waals surface area contributed by atoms with Gasteiger partial charge >= 0.3 is 7.12 Å². The molecule has 0 radical (unpaired) electrons. The molecule has 1 aliphatic heterocycles. The first-order valence-corrected chi connectivity index (χ1v) is 7.23. The molecule has 1 heterocycles. The van der Waals surface area contributed by atoms with Crippen LogP contribution in [0.1, 0.15) is 11.1 Å². The molecule has 120 valence electrons. The van der Waals surface area contributed by atoms with Crippen molar-refractivity contribution in [3.63, 3.8) is 0 Å². The van der Waals surface area contributed by atoms with E-state index in [1.807, 2.05) is 36.4 Å². The predicted octanol–water partition coefficient (Wildman–Crippen LogP) is 1.13. The molecule has 0 saturated carbocycles. The van der Waals surface area contributed by atoms with E-state index >= 15 is 0 Å². The van der Waals surface area contributed by atoms with Crippen molar-refractivity contribution in [2.24, 2.45) is 5.73 Å². The maximum absolute atomic E-state index is 10.0. The van der Waals surface area contributed by atoms with Crippen molar-refractivity contribution >= 4 is 36.5 Å². The van der Waals surface area contributed by atoms with Gasteiger partial charge in [-0.05, 0) is 41.7 Å². The quantitative estimate of drug-likeness (QED) is 0.384. The fourth-order valence-corrected chi connectivity index (χ4v) is 2.63. The summed E-state index contributed by atoms with van der Waals surface area (Å²) < 4.78 is 5.64. The van der Waals surface area contributed by atoms with Crippen LogP contribution >= 0.6 is 12.4 Å². The van der Waals surface area contributed by atoms with E-state index in [1.54, 1.807) is 12.1 Å². The van der Waals surface area contributed by atoms with Crippen LogP contribution in [0.4, 0.5) is 5.69 Å². The minimum atomic E-state index is -0.864. The second kappa shape index (κ2) is 7.50. The number of hydrogen-bond acceptors (Lipinski definition) is 4. The molecule has 1 unspecified atom stereocenters. The highest BCUT2D eigenvalue weighted by Crippen LogP contribution is 2.14. The molecule has 1 aliphatic rings. The molecule has 2 aromatic rings. The fourth-order valence-electron chi connectivity index (χ4n) is 2.63. The number of anilines is 1. The van der Waals surface area contributed by atoms with Gasteiger partial charge in [-0.1, -0.05) is 24.3 Å². The zero-order chi connectivity index (χ0) is 15.5. The molecule has 2 aromatic carbocycles. The van der Waals surface area contributed by atoms with Crippen molar-refractivity contribution in [3.8, 4) is 0 Å². The van der Waals surface area contributed by atoms with E-state index in [1.165, 1.54) is 0 Å². The number of halogens is 1. The fraction of sp³-hybridized carbons (Fsp3) is 0.188. The number of nitrogens with two attached hydrogens (primary N) is 1. The third kappa shape index (κ3) is 4.04. The summed E-state index contributed by atoms with van der Waals surface area (Å²) in [4.78, 5) is 0. The molecule has 0 saturated heterocycles. The first-order valence-electron chi connectivity index (χ1n) is 7.23. The number of fused-ring (bicyclic) bond motifs is 1. The van der Waals surface area contributed by atoms with Crippen LogP contribution in [0, 0.1) is 5.41 Å². The van der Waals surface area contributed by atoms with Gasteiger partial charge in [0, 0.05) is 17.8 Å². The van der Waals surface area contributed by atoms with Gasteiger partial charge in [0.15, 0.2) is 0 Å². The van der Waals surface area contributed by atoms with Gasteiger partial charge in [-0.3, -0.25) is 5.41 Å². The molecule has 0 fully saturated rings. The van der Waals surface area contributed by atoms with Gasteiger partial charge in [0.05, 0.1) is 6.10 Å². The number of nitrogen functional groups attached to an aromatic ring is 1. The lowest BCUT2D eigenvalue weighted by atomic mass is 9.72. The normalized spacial score (nSPS) is 16.2. The Bertz CT molecular complexity index is 681. The van der Waals surface area contributed by atoms with Crippen molar-refractivity contribution < 1.29 is 9.68 Å². The summed E-state index contributed by atoms with van der Waals surface area (Å²) in [6.07, 6.45) is 0.684. The van der Waals surface area contributed by atoms with Crippen LogP contribution in [0.25, 0.3) is 0 Å². The standard InChI is InChI=1S/C16H18BN3O2.ClH/c18-16(19)11-5-7-13(8-6-11)20-10-14-9-12-3-1-2-4-15(12)17(21)22-14;/h1-8,14,20-21H,9-10H2,(H3,18,19);1H. The van der Waals surface area contributed by atoms with Gasteiger partial charge in [-0.2, -0.15) is 0 Å². The summed E-state index contributed by atoms with van der Waals surface area (Å²) in [6.45, 7) is 0.602. The molecule has 0 amide bonds. The predicted molar refractivity (Wildman–Crippen MR) is 95.8 cm³/mol. The largest absolute Gasteiger partial charge is 0.491 e. The Kier molecular flexibility index (Phi) is 5.66. The molecule has 0 aliphatic carbocycles. The summed E-state index contributed by atoms with van der Waals surface area (Å²) in [7, 11) is -0.864. The molecule has 0 bridgehead atoms. The Hall–Kier alpha value is -2.02. The first kappa shape index (κ1) is 17.3. The average molecular weight is 332 g/mol. The van der Waals surface area contributed by atoms with Crippen LogP contribution in [0.3, 0.4) is 0 Å². The van der Waals surface area contributed by atoms with E-state index in [2.05, 4.69) is 5.32 Å². The highest BCUT2D eigenvalue weighted by atomic mass is 35.5. The van der Waals surface area contributed by atoms with Gasteiger partial charge in [0.1, 0.15) is 5.84 Å². The third-order valence-electron chi connectivity index (χ3n) is 3.82. The second-order valence-electron chi connectivity index (χ2n) is 5.39. The van der Waals surface area contributed by atoms with Crippen molar-refractivity contribution in [2.45, 2.75) is 12.5 Å². The lowest BCUT2D eigenvalue weighted by molar-refractivity contribution is 0.177. The molecule has 3 rings (SSSR count). The van der Waals surface area contributed by atoms with Crippen LogP contribution in [-0.4, -0.2) is 30.6 Å². The number of rotatable bonds is 4. The summed E-state index contributed by atoms with van der Waals surface area (Å²) in [6, 6.07) is 15.2. The zero-order valence-electron chi connectivity index (χ0n) is 12.5. The number of amidine groups is 1. The maximum atomic E-state index is 10.0. The average Bonchev–Trinajstić information content (AvgIpc) is 2.53. The van der Waals surface area contributed by atoms with Gasteiger partial charge in [0.2, 0.25) is 0 Å². The van der Waals surface area contributed by atoms with Gasteiger partial charge < -0.3 is 20.7 Å². The summed E-state index contributed by atoms with van der Waals surface area (Å²) in [5, 5.41) is 20.7. The van der Waals surface area contributed by atoms with Crippen molar-refractivity contribution in [1.29, 1.82) is 5.41 Å². The Morgan fingerprint density at radius 3 is 2.65 bits per heavy atom. The van der Waals surface area contributed by atoms with Crippen LogP contribution in [0.5, 0.6) is 0 Å². The first-order chi connectivity index (χ1) is 10.6. The topological polar surface area (TPSA) is 91.4 Å². The molecular formula is C16H19BClN3O2. The lowest BCUT2D eigenvalue weighted by Gasteiger charge is -2.27. The molecule has 1 atom stereocenters. The molecule has 5 nitrogen and oxygen atoms in total. The Balaban J connectivity index is 0.00000192. The molecule has 7 heteroatoms. The number of nitrogens with one attached hydrogen (secondary N) is 2. The minimum absolute atomic E-state index is 0. The summed E-state index contributed by atoms with van der Waals surface area (Å²) in [5.41, 5.74) is 9.04. The van der Waals surface area contributed by atoms with E-state index < -0.39 is 7.12 Å². The minimum Gasteiger partial charge on any atom is -0.423 e. The molecule has 5 N–H and O–H groups in total. The third-order valence-corrected chi connectivity index (χ3v) is 3.82. The Morgan fingerprint density at radius 2 is 1.96 bits per heavy atom. The monoisotopic (exact) mass is 331 g/mol. The van der Waals surface area contributed by atoms with Crippen LogP contribution in [-0.2, 0) is 11.1 Å². The second-order valence-corrected chi connectivity index (χ2v) is 5.39. The van der Waals surface area contributed by atoms with Crippen LogP contribution < -0.4 is 16.5 Å². The van der Waals surface area contributed by atoms with E-state index in [9.17, 15) is 5.02 Å². The Morgan fingerprint density at radius 1 is 1.26 bits per heavy atom. The Labute approximate surface area is 141 Å². The van der Waals surface area contributed by atoms with E-state index in [0.29, 0.717) is 12.1 Å². The highest BCUT2D eigenvalue weighted by molar-refractivity contribution is 6.60. The van der Waals surface area contributed by atoms with Gasteiger partial charge in [-0.15, -0.1) is 12.4 Å². The van der Waals surface area contributed by atoms with E-state index in [4.69, 9.17) is 15.8 Å². The highest BCUT2D eigenvalue weighted by Gasteiger charge is 2.30. The van der Waals surface area contributed by atoms with Gasteiger partial charge in [-0.25, -0.2) is 0 Å². The van der Waals surface area contributed by atoms with Crippen molar-refractivity contribution in [1.82, 2.24) is 0 Å². The summed E-state index contributed by atoms with van der Waals surface area (Å²) in [5.74, 6) is 0.0573. The van der Waals surface area contributed by atoms with Crippen molar-refractivity contribution in [2.75, 3.05) is 11.9 Å². The number of benzene rings is 2. The van der Waals surface area contributed by atoms with E-state index in [0.717, 1.165) is 23.1 Å². The summed E-state index contributed by atoms with van der Waals surface area (Å²) >= 11 is 0. The molecular weight excluding hydrogens is 312 g/mol. The smallest absolute Gasteiger partial charge is 0.423 e. The number of hydrogen-bond donors (Lipinski definition) is 4. The zero-order valence-corrected chi connectivity index (χ0v) is 13.3. The molecule has 0 aromatic heterocycles. The SMILES string of the molecule is Cl.N=C(N)c1ccc(NCC2Cc3ccccc3B(O)O2)cc1. The maximum Gasteiger partial charge on any atom is 0.491 e. The van der Waals surface area contributed by atoms with Gasteiger partial charge in [0.25, 0.3) is 0 Å². The lowest BCUT2D eigenvalue weighted by Crippen LogP contribution is -2.47. The molecule has 23 heavy (non-hydrogen) atoms.